The molecule has 6 heteroatoms. The average Bonchev–Trinajstić information content (AvgIpc) is 1.63. The van der Waals surface area contributed by atoms with E-state index in [0.717, 1.165) is 0 Å². The van der Waals surface area contributed by atoms with Gasteiger partial charge in [-0.3, -0.25) is 0 Å². The number of hydrogen-bond donors (Lipinski definition) is 2. The van der Waals surface area contributed by atoms with Gasteiger partial charge < -0.3 is 10.2 Å². The van der Waals surface area contributed by atoms with E-state index in [1.807, 2.05) is 0 Å². The Morgan fingerprint density at radius 2 is 1.55 bits per heavy atom. The van der Waals surface area contributed by atoms with E-state index in [9.17, 15) is 9.59 Å². The summed E-state index contributed by atoms with van der Waals surface area (Å²) < 4.78 is 0. The van der Waals surface area contributed by atoms with Gasteiger partial charge in [0.15, 0.2) is 0 Å². The molecule has 11 heavy (non-hydrogen) atoms. The van der Waals surface area contributed by atoms with E-state index >= 15 is 0 Å². The molecule has 4 nitrogen and oxygen atoms in total. The topological polar surface area (TPSA) is 74.6 Å². The SMILES string of the molecule is C/C(=C/C(=O)O)C(=O)O.[KH].[KH]. The third-order valence-corrected chi connectivity index (χ3v) is 0.677. The third-order valence-electron chi connectivity index (χ3n) is 0.677. The Morgan fingerprint density at radius 1 is 1.18 bits per heavy atom. The van der Waals surface area contributed by atoms with Crippen LogP contribution in [0.4, 0.5) is 0 Å². The molecule has 54 valence electrons. The van der Waals surface area contributed by atoms with Crippen molar-refractivity contribution in [3.8, 4) is 0 Å². The van der Waals surface area contributed by atoms with Crippen LogP contribution in [0.3, 0.4) is 0 Å². The van der Waals surface area contributed by atoms with Gasteiger partial charge in [0, 0.05) is 11.6 Å². The summed E-state index contributed by atoms with van der Waals surface area (Å²) >= 11 is 0. The van der Waals surface area contributed by atoms with Crippen LogP contribution < -0.4 is 0 Å². The van der Waals surface area contributed by atoms with Crippen molar-refractivity contribution in [3.05, 3.63) is 11.6 Å². The van der Waals surface area contributed by atoms with Crippen molar-refractivity contribution in [2.24, 2.45) is 0 Å². The van der Waals surface area contributed by atoms with E-state index in [2.05, 4.69) is 0 Å². The van der Waals surface area contributed by atoms with Gasteiger partial charge in [-0.15, -0.1) is 0 Å². The van der Waals surface area contributed by atoms with E-state index in [0.29, 0.717) is 6.08 Å². The van der Waals surface area contributed by atoms with Crippen LogP contribution in [0.5, 0.6) is 0 Å². The van der Waals surface area contributed by atoms with Crippen molar-refractivity contribution in [1.29, 1.82) is 0 Å². The van der Waals surface area contributed by atoms with Gasteiger partial charge in [-0.25, -0.2) is 9.59 Å². The first-order valence-corrected chi connectivity index (χ1v) is 2.18. The summed E-state index contributed by atoms with van der Waals surface area (Å²) in [7, 11) is 0. The zero-order chi connectivity index (χ0) is 7.44. The van der Waals surface area contributed by atoms with Gasteiger partial charge in [-0.2, -0.15) is 0 Å². The molecule has 0 fully saturated rings. The molecule has 0 unspecified atom stereocenters. The van der Waals surface area contributed by atoms with Gasteiger partial charge in [-0.1, -0.05) is 0 Å². The van der Waals surface area contributed by atoms with Crippen molar-refractivity contribution in [2.45, 2.75) is 6.92 Å². The molecule has 0 aromatic heterocycles. The summed E-state index contributed by atoms with van der Waals surface area (Å²) in [6.45, 7) is 1.22. The van der Waals surface area contributed by atoms with E-state index < -0.39 is 11.9 Å². The minimum absolute atomic E-state index is 0. The molecule has 0 spiro atoms. The fraction of sp³-hybridized carbons (Fsp3) is 0.200. The van der Waals surface area contributed by atoms with Crippen LogP contribution in [0.15, 0.2) is 11.6 Å². The Balaban J connectivity index is -0.000000320. The summed E-state index contributed by atoms with van der Waals surface area (Å²) in [4.78, 5) is 19.7. The quantitative estimate of drug-likeness (QED) is 0.444. The Bertz CT molecular complexity index is 175. The molecule has 0 atom stereocenters. The second-order valence-corrected chi connectivity index (χ2v) is 1.47. The molecular formula is C5H8K2O4. The van der Waals surface area contributed by atoms with Crippen molar-refractivity contribution < 1.29 is 19.8 Å². The molecule has 0 aliphatic carbocycles. The Morgan fingerprint density at radius 3 is 1.64 bits per heavy atom. The summed E-state index contributed by atoms with van der Waals surface area (Å²) in [6, 6.07) is 0. The normalized spacial score (nSPS) is 9.00. The maximum absolute atomic E-state index is 9.90. The van der Waals surface area contributed by atoms with E-state index in [-0.39, 0.29) is 108 Å². The van der Waals surface area contributed by atoms with Crippen LogP contribution in [0.25, 0.3) is 0 Å². The predicted octanol–water partition coefficient (Wildman–Crippen LogP) is -1.20. The maximum atomic E-state index is 9.90. The minimum atomic E-state index is -1.24. The predicted molar refractivity (Wildman–Crippen MR) is 43.3 cm³/mol. The molecule has 0 aliphatic heterocycles. The third kappa shape index (κ3) is 12.0. The van der Waals surface area contributed by atoms with Crippen LogP contribution >= 0.6 is 0 Å². The molecule has 0 aromatic rings. The molecule has 0 aromatic carbocycles. The van der Waals surface area contributed by atoms with Gasteiger partial charge in [0.05, 0.1) is 0 Å². The molecule has 0 aliphatic rings. The fourth-order valence-corrected chi connectivity index (χ4v) is 0.247. The van der Waals surface area contributed by atoms with Gasteiger partial charge in [0.25, 0.3) is 0 Å². The monoisotopic (exact) mass is 210 g/mol. The zero-order valence-electron chi connectivity index (χ0n) is 4.79. The summed E-state index contributed by atoms with van der Waals surface area (Å²) in [5.74, 6) is -2.45. The fourth-order valence-electron chi connectivity index (χ4n) is 0.247. The van der Waals surface area contributed by atoms with E-state index in [4.69, 9.17) is 10.2 Å². The first-order valence-electron chi connectivity index (χ1n) is 2.18. The molecule has 2 N–H and O–H groups in total. The Kier molecular flexibility index (Phi) is 17.0. The van der Waals surface area contributed by atoms with Gasteiger partial charge in [-0.05, 0) is 6.92 Å². The summed E-state index contributed by atoms with van der Waals surface area (Å²) in [6.07, 6.45) is 0.641. The number of carboxylic acids is 2. The molecule has 0 amide bonds. The number of rotatable bonds is 2. The van der Waals surface area contributed by atoms with Gasteiger partial charge in [0.2, 0.25) is 0 Å². The van der Waals surface area contributed by atoms with Gasteiger partial charge >= 0.3 is 115 Å². The van der Waals surface area contributed by atoms with E-state index in [1.165, 1.54) is 6.92 Å². The average molecular weight is 210 g/mol. The summed E-state index contributed by atoms with van der Waals surface area (Å²) in [5, 5.41) is 16.1. The first kappa shape index (κ1) is 18.7. The molecule has 0 heterocycles. The first-order chi connectivity index (χ1) is 4.04. The molecule has 0 saturated carbocycles. The molecule has 0 radical (unpaired) electrons. The van der Waals surface area contributed by atoms with Crippen molar-refractivity contribution >= 4 is 115 Å². The number of carboxylic acid groups (broad SMARTS) is 2. The second-order valence-electron chi connectivity index (χ2n) is 1.47. The Hall–Kier alpha value is 1.95. The standard InChI is InChI=1S/C5H6O4.2K.2H/c1-3(5(8)9)2-4(6)7;;;;/h2H,1H3,(H,6,7)(H,8,9);;;;/b3-2-;;;;. The number of hydrogen-bond acceptors (Lipinski definition) is 2. The molecule has 0 saturated heterocycles. The molecular weight excluding hydrogens is 202 g/mol. The Labute approximate surface area is 149 Å². The second kappa shape index (κ2) is 10.0. The summed E-state index contributed by atoms with van der Waals surface area (Å²) in [5.41, 5.74) is -0.178. The van der Waals surface area contributed by atoms with Crippen LogP contribution in [0.2, 0.25) is 0 Å². The molecule has 0 rings (SSSR count). The van der Waals surface area contributed by atoms with Crippen molar-refractivity contribution in [2.75, 3.05) is 0 Å². The van der Waals surface area contributed by atoms with Crippen LogP contribution in [0, 0.1) is 0 Å². The van der Waals surface area contributed by atoms with E-state index in [1.54, 1.807) is 0 Å². The zero-order valence-corrected chi connectivity index (χ0v) is 4.79. The van der Waals surface area contributed by atoms with Crippen LogP contribution in [0.1, 0.15) is 6.92 Å². The molecule has 0 bridgehead atoms. The van der Waals surface area contributed by atoms with Crippen LogP contribution in [-0.4, -0.2) is 125 Å². The van der Waals surface area contributed by atoms with Crippen LogP contribution in [-0.2, 0) is 9.59 Å². The number of carbonyl (C=O) groups is 2. The van der Waals surface area contributed by atoms with Crippen molar-refractivity contribution in [3.63, 3.8) is 0 Å². The van der Waals surface area contributed by atoms with Gasteiger partial charge in [0.1, 0.15) is 0 Å². The number of aliphatic carboxylic acids is 2. The van der Waals surface area contributed by atoms with Crippen molar-refractivity contribution in [1.82, 2.24) is 0 Å².